The fourth-order valence-corrected chi connectivity index (χ4v) is 6.37. The Kier molecular flexibility index (Phi) is 5.12. The Bertz CT molecular complexity index is 698. The maximum absolute atomic E-state index is 12.7. The Balaban J connectivity index is 2.31. The number of hydrogen-bond acceptors (Lipinski definition) is 4. The molecule has 0 bridgehead atoms. The molecule has 1 aromatic rings. The van der Waals surface area contributed by atoms with Gasteiger partial charge in [-0.3, -0.25) is 0 Å². The number of alkyl halides is 1. The summed E-state index contributed by atoms with van der Waals surface area (Å²) in [6.07, 6.45) is 0.370. The van der Waals surface area contributed by atoms with Crippen LogP contribution >= 0.6 is 15.9 Å². The smallest absolute Gasteiger partial charge is 0.229 e. The third kappa shape index (κ3) is 3.67. The van der Waals surface area contributed by atoms with E-state index in [-0.39, 0.29) is 22.9 Å². The normalized spacial score (nSPS) is 21.8. The van der Waals surface area contributed by atoms with Crippen LogP contribution in [0.25, 0.3) is 0 Å². The van der Waals surface area contributed by atoms with Crippen LogP contribution in [0.1, 0.15) is 18.9 Å². The summed E-state index contributed by atoms with van der Waals surface area (Å²) in [6.45, 7) is 2.00. The van der Waals surface area contributed by atoms with Gasteiger partial charge in [-0.1, -0.05) is 35.0 Å². The molecule has 0 N–H and O–H groups in total. The molecule has 5 nitrogen and oxygen atoms in total. The summed E-state index contributed by atoms with van der Waals surface area (Å²) in [5.41, 5.74) is 0.987. The van der Waals surface area contributed by atoms with Gasteiger partial charge in [-0.25, -0.2) is 16.8 Å². The minimum atomic E-state index is -3.66. The number of nitrogens with zero attached hydrogens (tertiary/aromatic N) is 1. The van der Waals surface area contributed by atoms with E-state index >= 15 is 0 Å². The molecular formula is C13H18BrNO4S2. The number of sulfonamides is 1. The highest BCUT2D eigenvalue weighted by molar-refractivity contribution is 9.08. The minimum absolute atomic E-state index is 0.0617. The molecule has 1 unspecified atom stereocenters. The molecule has 8 heteroatoms. The Morgan fingerprint density at radius 2 is 1.90 bits per heavy atom. The second kappa shape index (κ2) is 6.36. The van der Waals surface area contributed by atoms with Crippen LogP contribution in [0.4, 0.5) is 0 Å². The van der Waals surface area contributed by atoms with Crippen LogP contribution in [0.15, 0.2) is 29.2 Å². The van der Waals surface area contributed by atoms with E-state index in [1.807, 2.05) is 0 Å². The predicted octanol–water partition coefficient (Wildman–Crippen LogP) is 1.78. The Morgan fingerprint density at radius 3 is 2.33 bits per heavy atom. The third-order valence-corrected chi connectivity index (χ3v) is 8.05. The quantitative estimate of drug-likeness (QED) is 0.712. The molecule has 0 aliphatic carbocycles. The standard InChI is InChI=1S/C13H18BrNO4S2/c1-2-15(12-7-8-20(16,17)10-12)21(18,19)13-5-3-11(9-14)4-6-13/h3-6,12H,2,7-10H2,1H3. The molecule has 0 saturated carbocycles. The van der Waals surface area contributed by atoms with Crippen molar-refractivity contribution in [2.45, 2.75) is 29.6 Å². The Hall–Kier alpha value is -0.440. The summed E-state index contributed by atoms with van der Waals surface area (Å²) in [7, 11) is -6.77. The first-order valence-corrected chi connectivity index (χ1v) is 11.1. The molecule has 0 spiro atoms. The van der Waals surface area contributed by atoms with Crippen LogP contribution in [0.5, 0.6) is 0 Å². The van der Waals surface area contributed by atoms with E-state index in [0.717, 1.165) is 5.56 Å². The lowest BCUT2D eigenvalue weighted by Gasteiger charge is -2.26. The minimum Gasteiger partial charge on any atom is -0.229 e. The van der Waals surface area contributed by atoms with E-state index < -0.39 is 25.9 Å². The molecule has 1 atom stereocenters. The van der Waals surface area contributed by atoms with Crippen molar-refractivity contribution in [1.29, 1.82) is 0 Å². The highest BCUT2D eigenvalue weighted by atomic mass is 79.9. The van der Waals surface area contributed by atoms with Crippen molar-refractivity contribution >= 4 is 35.8 Å². The molecule has 1 fully saturated rings. The molecule has 0 aromatic heterocycles. The first kappa shape index (κ1) is 16.9. The zero-order chi connectivity index (χ0) is 15.7. The largest absolute Gasteiger partial charge is 0.243 e. The summed E-state index contributed by atoms with van der Waals surface area (Å²) in [4.78, 5) is 0.207. The van der Waals surface area contributed by atoms with Crippen molar-refractivity contribution in [3.63, 3.8) is 0 Å². The number of halogens is 1. The molecule has 0 radical (unpaired) electrons. The summed E-state index contributed by atoms with van der Waals surface area (Å²) in [6, 6.07) is 6.18. The number of benzene rings is 1. The lowest BCUT2D eigenvalue weighted by Crippen LogP contribution is -2.40. The second-order valence-electron chi connectivity index (χ2n) is 5.04. The average Bonchev–Trinajstić information content (AvgIpc) is 2.79. The molecule has 21 heavy (non-hydrogen) atoms. The van der Waals surface area contributed by atoms with E-state index in [2.05, 4.69) is 15.9 Å². The van der Waals surface area contributed by atoms with E-state index in [0.29, 0.717) is 11.8 Å². The van der Waals surface area contributed by atoms with E-state index in [4.69, 9.17) is 0 Å². The lowest BCUT2D eigenvalue weighted by molar-refractivity contribution is 0.354. The summed E-state index contributed by atoms with van der Waals surface area (Å²) < 4.78 is 49.8. The molecule has 0 amide bonds. The zero-order valence-corrected chi connectivity index (χ0v) is 14.9. The van der Waals surface area contributed by atoms with Crippen LogP contribution in [-0.2, 0) is 25.2 Å². The number of rotatable bonds is 5. The average molecular weight is 396 g/mol. The van der Waals surface area contributed by atoms with Crippen LogP contribution in [0, 0.1) is 0 Å². The van der Waals surface area contributed by atoms with Gasteiger partial charge in [-0.05, 0) is 24.1 Å². The molecule has 1 aromatic carbocycles. The van der Waals surface area contributed by atoms with Gasteiger partial charge in [0.25, 0.3) is 0 Å². The van der Waals surface area contributed by atoms with E-state index in [1.54, 1.807) is 31.2 Å². The van der Waals surface area contributed by atoms with Gasteiger partial charge in [0.05, 0.1) is 16.4 Å². The van der Waals surface area contributed by atoms with Crippen LogP contribution in [0.2, 0.25) is 0 Å². The monoisotopic (exact) mass is 395 g/mol. The SMILES string of the molecule is CCN(C1CCS(=O)(=O)C1)S(=O)(=O)c1ccc(CBr)cc1. The topological polar surface area (TPSA) is 71.5 Å². The van der Waals surface area contributed by atoms with Gasteiger partial charge >= 0.3 is 0 Å². The maximum atomic E-state index is 12.7. The maximum Gasteiger partial charge on any atom is 0.243 e. The summed E-state index contributed by atoms with van der Waals surface area (Å²) >= 11 is 3.31. The van der Waals surface area contributed by atoms with Gasteiger partial charge in [0, 0.05) is 17.9 Å². The highest BCUT2D eigenvalue weighted by Crippen LogP contribution is 2.25. The van der Waals surface area contributed by atoms with Crippen molar-refractivity contribution in [2.75, 3.05) is 18.1 Å². The first-order valence-electron chi connectivity index (χ1n) is 6.67. The van der Waals surface area contributed by atoms with E-state index in [1.165, 1.54) is 4.31 Å². The Morgan fingerprint density at radius 1 is 1.29 bits per heavy atom. The molecular weight excluding hydrogens is 378 g/mol. The van der Waals surface area contributed by atoms with Crippen molar-refractivity contribution in [3.05, 3.63) is 29.8 Å². The van der Waals surface area contributed by atoms with Crippen molar-refractivity contribution in [1.82, 2.24) is 4.31 Å². The highest BCUT2D eigenvalue weighted by Gasteiger charge is 2.37. The fraction of sp³-hybridized carbons (Fsp3) is 0.538. The van der Waals surface area contributed by atoms with Gasteiger partial charge in [-0.2, -0.15) is 4.31 Å². The van der Waals surface area contributed by atoms with Crippen molar-refractivity contribution < 1.29 is 16.8 Å². The van der Waals surface area contributed by atoms with Gasteiger partial charge in [0.1, 0.15) is 0 Å². The molecule has 1 aliphatic heterocycles. The van der Waals surface area contributed by atoms with Gasteiger partial charge in [0.15, 0.2) is 9.84 Å². The zero-order valence-electron chi connectivity index (χ0n) is 11.7. The summed E-state index contributed by atoms with van der Waals surface area (Å²) in [5.74, 6) is -0.0221. The second-order valence-corrected chi connectivity index (χ2v) is 9.72. The Labute approximate surface area is 134 Å². The van der Waals surface area contributed by atoms with Crippen molar-refractivity contribution in [3.8, 4) is 0 Å². The lowest BCUT2D eigenvalue weighted by atomic mass is 10.2. The fourth-order valence-electron chi connectivity index (χ4n) is 2.51. The van der Waals surface area contributed by atoms with Crippen LogP contribution in [0.3, 0.4) is 0 Å². The molecule has 2 rings (SSSR count). The number of sulfone groups is 1. The van der Waals surface area contributed by atoms with Crippen molar-refractivity contribution in [2.24, 2.45) is 0 Å². The van der Waals surface area contributed by atoms with Gasteiger partial charge < -0.3 is 0 Å². The number of hydrogen-bond donors (Lipinski definition) is 0. The predicted molar refractivity (Wildman–Crippen MR) is 85.7 cm³/mol. The van der Waals surface area contributed by atoms with Crippen LogP contribution < -0.4 is 0 Å². The molecule has 1 aliphatic rings. The molecule has 1 heterocycles. The molecule has 1 saturated heterocycles. The summed E-state index contributed by atoms with van der Waals surface area (Å²) in [5, 5.41) is 0.658. The van der Waals surface area contributed by atoms with Gasteiger partial charge in [0.2, 0.25) is 10.0 Å². The van der Waals surface area contributed by atoms with Gasteiger partial charge in [-0.15, -0.1) is 0 Å². The van der Waals surface area contributed by atoms with Crippen LogP contribution in [-0.4, -0.2) is 45.2 Å². The first-order chi connectivity index (χ1) is 9.80. The van der Waals surface area contributed by atoms with E-state index in [9.17, 15) is 16.8 Å². The molecule has 118 valence electrons. The third-order valence-electron chi connectivity index (χ3n) is 3.61.